The standard InChI is InChI=1S/C14H21NO5.ClH/c1-19-13-8-12(20-6-2-3-14(17)18)5-4-10(13)7-11(15)9-16;/h4-5,8,11,16H,2-3,6-7,9,15H2,1H3,(H,17,18);1H. The van der Waals surface area contributed by atoms with Crippen LogP contribution in [0.5, 0.6) is 11.5 Å². The van der Waals surface area contributed by atoms with Crippen molar-refractivity contribution in [2.24, 2.45) is 5.73 Å². The minimum atomic E-state index is -0.834. The monoisotopic (exact) mass is 319 g/mol. The molecule has 6 nitrogen and oxygen atoms in total. The van der Waals surface area contributed by atoms with Gasteiger partial charge in [0.2, 0.25) is 0 Å². The van der Waals surface area contributed by atoms with Crippen LogP contribution in [0.25, 0.3) is 0 Å². The number of benzene rings is 1. The summed E-state index contributed by atoms with van der Waals surface area (Å²) >= 11 is 0. The number of aliphatic hydroxyl groups is 1. The van der Waals surface area contributed by atoms with Gasteiger partial charge in [-0.2, -0.15) is 0 Å². The summed E-state index contributed by atoms with van der Waals surface area (Å²) in [5.74, 6) is 0.428. The van der Waals surface area contributed by atoms with Crippen molar-refractivity contribution in [1.29, 1.82) is 0 Å². The third-order valence-corrected chi connectivity index (χ3v) is 2.78. The van der Waals surface area contributed by atoms with Gasteiger partial charge in [-0.1, -0.05) is 6.07 Å². The van der Waals surface area contributed by atoms with E-state index in [4.69, 9.17) is 25.4 Å². The number of aliphatic carboxylic acids is 1. The van der Waals surface area contributed by atoms with Crippen molar-refractivity contribution in [3.63, 3.8) is 0 Å². The Morgan fingerprint density at radius 2 is 2.14 bits per heavy atom. The molecule has 0 radical (unpaired) electrons. The van der Waals surface area contributed by atoms with Gasteiger partial charge in [-0.05, 0) is 24.5 Å². The SMILES string of the molecule is COc1cc(OCCCC(=O)O)ccc1CC(N)CO.Cl. The molecule has 4 N–H and O–H groups in total. The lowest BCUT2D eigenvalue weighted by atomic mass is 10.1. The molecule has 0 spiro atoms. The van der Waals surface area contributed by atoms with E-state index in [1.807, 2.05) is 6.07 Å². The number of halogens is 1. The third kappa shape index (κ3) is 7.17. The highest BCUT2D eigenvalue weighted by molar-refractivity contribution is 5.85. The molecule has 1 unspecified atom stereocenters. The van der Waals surface area contributed by atoms with Crippen molar-refractivity contribution < 1.29 is 24.5 Å². The largest absolute Gasteiger partial charge is 0.496 e. The van der Waals surface area contributed by atoms with Crippen LogP contribution in [-0.2, 0) is 11.2 Å². The second-order valence-electron chi connectivity index (χ2n) is 4.47. The first-order valence-electron chi connectivity index (χ1n) is 6.44. The smallest absolute Gasteiger partial charge is 0.303 e. The molecule has 1 atom stereocenters. The molecule has 0 saturated carbocycles. The zero-order valence-corrected chi connectivity index (χ0v) is 12.8. The summed E-state index contributed by atoms with van der Waals surface area (Å²) in [6.45, 7) is 0.252. The molecule has 0 aliphatic carbocycles. The van der Waals surface area contributed by atoms with E-state index in [0.29, 0.717) is 30.9 Å². The molecule has 0 heterocycles. The topological polar surface area (TPSA) is 102 Å². The number of rotatable bonds is 9. The van der Waals surface area contributed by atoms with E-state index >= 15 is 0 Å². The van der Waals surface area contributed by atoms with Gasteiger partial charge in [0.05, 0.1) is 20.3 Å². The molecular formula is C14H22ClNO5. The van der Waals surface area contributed by atoms with Crippen LogP contribution < -0.4 is 15.2 Å². The Balaban J connectivity index is 0.00000400. The molecule has 21 heavy (non-hydrogen) atoms. The van der Waals surface area contributed by atoms with Crippen LogP contribution in [0.15, 0.2) is 18.2 Å². The Labute approximate surface area is 130 Å². The Morgan fingerprint density at radius 1 is 1.43 bits per heavy atom. The van der Waals surface area contributed by atoms with Gasteiger partial charge in [0.15, 0.2) is 0 Å². The van der Waals surface area contributed by atoms with Gasteiger partial charge in [-0.3, -0.25) is 4.79 Å². The summed E-state index contributed by atoms with van der Waals surface area (Å²) in [4.78, 5) is 10.4. The fourth-order valence-electron chi connectivity index (χ4n) is 1.74. The first kappa shape index (κ1) is 19.5. The summed E-state index contributed by atoms with van der Waals surface area (Å²) < 4.78 is 10.7. The van der Waals surface area contributed by atoms with E-state index in [9.17, 15) is 4.79 Å². The van der Waals surface area contributed by atoms with Gasteiger partial charge < -0.3 is 25.4 Å². The molecule has 0 saturated heterocycles. The van der Waals surface area contributed by atoms with Crippen LogP contribution in [0.3, 0.4) is 0 Å². The molecule has 0 amide bonds. The Morgan fingerprint density at radius 3 is 2.71 bits per heavy atom. The van der Waals surface area contributed by atoms with Crippen LogP contribution >= 0.6 is 12.4 Å². The van der Waals surface area contributed by atoms with Crippen LogP contribution in [0.4, 0.5) is 0 Å². The molecular weight excluding hydrogens is 298 g/mol. The van der Waals surface area contributed by atoms with Crippen molar-refractivity contribution in [2.75, 3.05) is 20.3 Å². The number of aliphatic hydroxyl groups excluding tert-OH is 1. The van der Waals surface area contributed by atoms with E-state index in [1.54, 1.807) is 19.2 Å². The highest BCUT2D eigenvalue weighted by atomic mass is 35.5. The van der Waals surface area contributed by atoms with Crippen molar-refractivity contribution in [3.05, 3.63) is 23.8 Å². The van der Waals surface area contributed by atoms with Gasteiger partial charge in [-0.15, -0.1) is 12.4 Å². The number of ether oxygens (including phenoxy) is 2. The summed E-state index contributed by atoms with van der Waals surface area (Å²) in [7, 11) is 1.55. The second-order valence-corrected chi connectivity index (χ2v) is 4.47. The molecule has 1 aromatic carbocycles. The van der Waals surface area contributed by atoms with E-state index in [-0.39, 0.29) is 31.5 Å². The van der Waals surface area contributed by atoms with Gasteiger partial charge >= 0.3 is 5.97 Å². The number of hydrogen-bond acceptors (Lipinski definition) is 5. The maximum atomic E-state index is 10.4. The predicted molar refractivity (Wildman–Crippen MR) is 81.4 cm³/mol. The van der Waals surface area contributed by atoms with E-state index in [0.717, 1.165) is 5.56 Å². The normalized spacial score (nSPS) is 11.4. The summed E-state index contributed by atoms with van der Waals surface area (Å²) in [6.07, 6.45) is 1.05. The lowest BCUT2D eigenvalue weighted by Gasteiger charge is -2.14. The molecule has 0 aliphatic heterocycles. The van der Waals surface area contributed by atoms with Crippen LogP contribution in [0.2, 0.25) is 0 Å². The highest BCUT2D eigenvalue weighted by Gasteiger charge is 2.09. The van der Waals surface area contributed by atoms with Crippen molar-refractivity contribution >= 4 is 18.4 Å². The number of methoxy groups -OCH3 is 1. The Bertz CT molecular complexity index is 441. The van der Waals surface area contributed by atoms with Gasteiger partial charge in [-0.25, -0.2) is 0 Å². The maximum absolute atomic E-state index is 10.4. The summed E-state index contributed by atoms with van der Waals surface area (Å²) in [6, 6.07) is 5.02. The number of carboxylic acids is 1. The van der Waals surface area contributed by atoms with E-state index in [1.165, 1.54) is 0 Å². The first-order chi connectivity index (χ1) is 9.56. The van der Waals surface area contributed by atoms with Gasteiger partial charge in [0, 0.05) is 18.5 Å². The second kappa shape index (κ2) is 10.3. The zero-order chi connectivity index (χ0) is 15.0. The quantitative estimate of drug-likeness (QED) is 0.592. The molecule has 0 fully saturated rings. The van der Waals surface area contributed by atoms with Crippen LogP contribution in [0.1, 0.15) is 18.4 Å². The minimum Gasteiger partial charge on any atom is -0.496 e. The molecule has 0 aromatic heterocycles. The molecule has 1 rings (SSSR count). The average Bonchev–Trinajstić information content (AvgIpc) is 2.44. The lowest BCUT2D eigenvalue weighted by Crippen LogP contribution is -2.27. The van der Waals surface area contributed by atoms with Gasteiger partial charge in [0.25, 0.3) is 0 Å². The van der Waals surface area contributed by atoms with Gasteiger partial charge in [0.1, 0.15) is 11.5 Å². The molecule has 0 aliphatic rings. The third-order valence-electron chi connectivity index (χ3n) is 2.78. The fourth-order valence-corrected chi connectivity index (χ4v) is 1.74. The minimum absolute atomic E-state index is 0. The molecule has 1 aromatic rings. The van der Waals surface area contributed by atoms with E-state index < -0.39 is 5.97 Å². The number of hydrogen-bond donors (Lipinski definition) is 3. The van der Waals surface area contributed by atoms with Crippen LogP contribution in [-0.4, -0.2) is 42.5 Å². The lowest BCUT2D eigenvalue weighted by molar-refractivity contribution is -0.137. The summed E-state index contributed by atoms with van der Waals surface area (Å²) in [5.41, 5.74) is 6.60. The molecule has 7 heteroatoms. The predicted octanol–water partition coefficient (Wildman–Crippen LogP) is 1.22. The van der Waals surface area contributed by atoms with Crippen LogP contribution in [0, 0.1) is 0 Å². The fraction of sp³-hybridized carbons (Fsp3) is 0.500. The van der Waals surface area contributed by atoms with Crippen molar-refractivity contribution in [1.82, 2.24) is 0 Å². The van der Waals surface area contributed by atoms with Crippen molar-refractivity contribution in [3.8, 4) is 11.5 Å². The average molecular weight is 320 g/mol. The van der Waals surface area contributed by atoms with E-state index in [2.05, 4.69) is 0 Å². The highest BCUT2D eigenvalue weighted by Crippen LogP contribution is 2.25. The molecule has 120 valence electrons. The first-order valence-corrected chi connectivity index (χ1v) is 6.44. The maximum Gasteiger partial charge on any atom is 0.303 e. The number of nitrogens with two attached hydrogens (primary N) is 1. The Hall–Kier alpha value is -1.50. The summed E-state index contributed by atoms with van der Waals surface area (Å²) in [5, 5.41) is 17.5. The molecule has 0 bridgehead atoms. The number of carboxylic acid groups (broad SMARTS) is 1. The Kier molecular flexibility index (Phi) is 9.53. The zero-order valence-electron chi connectivity index (χ0n) is 11.9. The number of carbonyl (C=O) groups is 1. The van der Waals surface area contributed by atoms with Crippen molar-refractivity contribution in [2.45, 2.75) is 25.3 Å².